The fourth-order valence-electron chi connectivity index (χ4n) is 1.38. The minimum atomic E-state index is 0.845. The van der Waals surface area contributed by atoms with Crippen molar-refractivity contribution in [1.29, 1.82) is 0 Å². The van der Waals surface area contributed by atoms with Crippen molar-refractivity contribution < 1.29 is 0 Å². The zero-order valence-electron chi connectivity index (χ0n) is 8.09. The lowest BCUT2D eigenvalue weighted by molar-refractivity contribution is 0.973. The van der Waals surface area contributed by atoms with E-state index < -0.39 is 0 Å². The first-order valence-corrected chi connectivity index (χ1v) is 4.49. The molecule has 0 radical (unpaired) electrons. The van der Waals surface area contributed by atoms with Gasteiger partial charge in [-0.3, -0.25) is 9.98 Å². The van der Waals surface area contributed by atoms with Gasteiger partial charge in [0.2, 0.25) is 0 Å². The van der Waals surface area contributed by atoms with Crippen molar-refractivity contribution in [2.75, 3.05) is 6.54 Å². The predicted octanol–water partition coefficient (Wildman–Crippen LogP) is 2.61. The topological polar surface area (TPSA) is 24.7 Å². The summed E-state index contributed by atoms with van der Waals surface area (Å²) in [6, 6.07) is 0. The van der Waals surface area contributed by atoms with E-state index in [2.05, 4.69) is 16.9 Å². The SMILES string of the molecule is CCN=C(C)C1=C(C)CCC=N1. The van der Waals surface area contributed by atoms with Crippen molar-refractivity contribution in [3.8, 4) is 0 Å². The number of rotatable bonds is 2. The number of hydrogen-bond acceptors (Lipinski definition) is 2. The Labute approximate surface area is 74.1 Å². The standard InChI is InChI=1S/C10H16N2/c1-4-11-9(3)10-8(2)6-5-7-12-10/h7H,4-6H2,1-3H3. The van der Waals surface area contributed by atoms with Crippen LogP contribution in [0.2, 0.25) is 0 Å². The number of hydrogen-bond donors (Lipinski definition) is 0. The maximum atomic E-state index is 4.35. The third kappa shape index (κ3) is 2.03. The maximum Gasteiger partial charge on any atom is 0.0822 e. The van der Waals surface area contributed by atoms with E-state index in [9.17, 15) is 0 Å². The molecule has 2 nitrogen and oxygen atoms in total. The van der Waals surface area contributed by atoms with Crippen LogP contribution >= 0.6 is 0 Å². The monoisotopic (exact) mass is 164 g/mol. The predicted molar refractivity (Wildman–Crippen MR) is 54.1 cm³/mol. The van der Waals surface area contributed by atoms with Crippen molar-refractivity contribution in [2.24, 2.45) is 9.98 Å². The molecule has 1 aliphatic rings. The number of nitrogens with zero attached hydrogens (tertiary/aromatic N) is 2. The first kappa shape index (κ1) is 9.17. The summed E-state index contributed by atoms with van der Waals surface area (Å²) < 4.78 is 0. The first-order valence-electron chi connectivity index (χ1n) is 4.49. The molecule has 0 aromatic carbocycles. The molecule has 0 unspecified atom stereocenters. The Balaban J connectivity index is 2.86. The van der Waals surface area contributed by atoms with Crippen molar-refractivity contribution in [1.82, 2.24) is 0 Å². The molecule has 0 aromatic rings. The highest BCUT2D eigenvalue weighted by atomic mass is 14.8. The van der Waals surface area contributed by atoms with Gasteiger partial charge < -0.3 is 0 Å². The van der Waals surface area contributed by atoms with Gasteiger partial charge in [0.15, 0.2) is 0 Å². The average Bonchev–Trinajstić information content (AvgIpc) is 2.05. The second-order valence-electron chi connectivity index (χ2n) is 3.04. The molecule has 0 aliphatic carbocycles. The van der Waals surface area contributed by atoms with Gasteiger partial charge in [0.25, 0.3) is 0 Å². The molecule has 1 heterocycles. The van der Waals surface area contributed by atoms with Crippen molar-refractivity contribution in [3.05, 3.63) is 11.3 Å². The lowest BCUT2D eigenvalue weighted by Gasteiger charge is -2.10. The lowest BCUT2D eigenvalue weighted by atomic mass is 10.1. The summed E-state index contributed by atoms with van der Waals surface area (Å²) in [5.74, 6) is 0. The summed E-state index contributed by atoms with van der Waals surface area (Å²) in [6.07, 6.45) is 4.20. The van der Waals surface area contributed by atoms with E-state index in [1.165, 1.54) is 5.57 Å². The van der Waals surface area contributed by atoms with Gasteiger partial charge in [0, 0.05) is 12.8 Å². The fraction of sp³-hybridized carbons (Fsp3) is 0.600. The Morgan fingerprint density at radius 1 is 1.67 bits per heavy atom. The molecular weight excluding hydrogens is 148 g/mol. The van der Waals surface area contributed by atoms with Crippen molar-refractivity contribution in [3.63, 3.8) is 0 Å². The smallest absolute Gasteiger partial charge is 0.0822 e. The summed E-state index contributed by atoms with van der Waals surface area (Å²) in [7, 11) is 0. The molecule has 1 rings (SSSR count). The molecule has 0 fully saturated rings. The number of allylic oxidation sites excluding steroid dienone is 2. The maximum absolute atomic E-state index is 4.35. The van der Waals surface area contributed by atoms with Crippen molar-refractivity contribution in [2.45, 2.75) is 33.6 Å². The van der Waals surface area contributed by atoms with Crippen LogP contribution in [0.1, 0.15) is 33.6 Å². The highest BCUT2D eigenvalue weighted by Crippen LogP contribution is 2.17. The van der Waals surface area contributed by atoms with Crippen LogP contribution in [0.15, 0.2) is 21.3 Å². The highest BCUT2D eigenvalue weighted by Gasteiger charge is 2.07. The molecule has 2 heteroatoms. The van der Waals surface area contributed by atoms with Gasteiger partial charge in [-0.2, -0.15) is 0 Å². The molecule has 0 aromatic heterocycles. The van der Waals surface area contributed by atoms with Crippen LogP contribution in [0.3, 0.4) is 0 Å². The molecular formula is C10H16N2. The van der Waals surface area contributed by atoms with Crippen LogP contribution in [0.25, 0.3) is 0 Å². The zero-order chi connectivity index (χ0) is 8.97. The van der Waals surface area contributed by atoms with Crippen LogP contribution in [0, 0.1) is 0 Å². The molecule has 0 N–H and O–H groups in total. The Hall–Kier alpha value is -0.920. The minimum Gasteiger partial charge on any atom is -0.288 e. The quantitative estimate of drug-likeness (QED) is 0.560. The lowest BCUT2D eigenvalue weighted by Crippen LogP contribution is -2.03. The Morgan fingerprint density at radius 3 is 3.00 bits per heavy atom. The van der Waals surface area contributed by atoms with Gasteiger partial charge in [-0.05, 0) is 39.2 Å². The molecule has 0 saturated carbocycles. The van der Waals surface area contributed by atoms with Crippen LogP contribution in [-0.4, -0.2) is 18.5 Å². The largest absolute Gasteiger partial charge is 0.288 e. The Morgan fingerprint density at radius 2 is 2.42 bits per heavy atom. The minimum absolute atomic E-state index is 0.845. The molecule has 0 bridgehead atoms. The van der Waals surface area contributed by atoms with E-state index in [0.717, 1.165) is 30.8 Å². The normalized spacial score (nSPS) is 18.8. The third-order valence-corrected chi connectivity index (χ3v) is 2.01. The van der Waals surface area contributed by atoms with E-state index in [-0.39, 0.29) is 0 Å². The fourth-order valence-corrected chi connectivity index (χ4v) is 1.38. The second-order valence-corrected chi connectivity index (χ2v) is 3.04. The van der Waals surface area contributed by atoms with Gasteiger partial charge in [0.1, 0.15) is 0 Å². The van der Waals surface area contributed by atoms with E-state index >= 15 is 0 Å². The van der Waals surface area contributed by atoms with Gasteiger partial charge in [-0.15, -0.1) is 0 Å². The van der Waals surface area contributed by atoms with E-state index in [0.29, 0.717) is 0 Å². The molecule has 0 spiro atoms. The summed E-state index contributed by atoms with van der Waals surface area (Å²) >= 11 is 0. The summed E-state index contributed by atoms with van der Waals surface area (Å²) in [5.41, 5.74) is 3.54. The van der Waals surface area contributed by atoms with Gasteiger partial charge in [-0.25, -0.2) is 0 Å². The summed E-state index contributed by atoms with van der Waals surface area (Å²) in [4.78, 5) is 8.70. The van der Waals surface area contributed by atoms with Crippen molar-refractivity contribution >= 4 is 11.9 Å². The van der Waals surface area contributed by atoms with Crippen LogP contribution in [0.4, 0.5) is 0 Å². The molecule has 12 heavy (non-hydrogen) atoms. The van der Waals surface area contributed by atoms with Crippen LogP contribution < -0.4 is 0 Å². The summed E-state index contributed by atoms with van der Waals surface area (Å²) in [6.45, 7) is 7.07. The second kappa shape index (κ2) is 4.19. The molecule has 1 aliphatic heterocycles. The van der Waals surface area contributed by atoms with Gasteiger partial charge in [-0.1, -0.05) is 0 Å². The van der Waals surface area contributed by atoms with E-state index in [4.69, 9.17) is 0 Å². The zero-order valence-corrected chi connectivity index (χ0v) is 8.09. The van der Waals surface area contributed by atoms with Crippen LogP contribution in [0.5, 0.6) is 0 Å². The van der Waals surface area contributed by atoms with Crippen LogP contribution in [-0.2, 0) is 0 Å². The number of aliphatic imine (C=N–C) groups is 2. The van der Waals surface area contributed by atoms with Gasteiger partial charge in [0.05, 0.1) is 11.4 Å². The Kier molecular flexibility index (Phi) is 3.20. The average molecular weight is 164 g/mol. The molecule has 0 amide bonds. The summed E-state index contributed by atoms with van der Waals surface area (Å²) in [5, 5.41) is 0. The third-order valence-electron chi connectivity index (χ3n) is 2.01. The molecule has 66 valence electrons. The Bertz CT molecular complexity index is 247. The van der Waals surface area contributed by atoms with E-state index in [1.807, 2.05) is 20.1 Å². The van der Waals surface area contributed by atoms with E-state index in [1.54, 1.807) is 0 Å². The molecule has 0 atom stereocenters. The first-order chi connectivity index (χ1) is 5.75. The molecule has 0 saturated heterocycles. The van der Waals surface area contributed by atoms with Gasteiger partial charge >= 0.3 is 0 Å². The highest BCUT2D eigenvalue weighted by molar-refractivity contribution is 6.00.